The van der Waals surface area contributed by atoms with E-state index in [1.807, 2.05) is 0 Å². The van der Waals surface area contributed by atoms with Gasteiger partial charge in [-0.2, -0.15) is 0 Å². The third-order valence-electron chi connectivity index (χ3n) is 1.17. The van der Waals surface area contributed by atoms with Crippen molar-refractivity contribution in [3.8, 4) is 5.88 Å². The lowest BCUT2D eigenvalue weighted by molar-refractivity contribution is 0.384. The van der Waals surface area contributed by atoms with Gasteiger partial charge in [-0.05, 0) is 22.0 Å². The molecule has 0 fully saturated rings. The summed E-state index contributed by atoms with van der Waals surface area (Å²) in [5, 5.41) is 0. The Hall–Kier alpha value is -0.460. The van der Waals surface area contributed by atoms with Crippen LogP contribution in [0.2, 0.25) is 0 Å². The number of hydrogen-bond acceptors (Lipinski definition) is 3. The minimum Gasteiger partial charge on any atom is -0.480 e. The summed E-state index contributed by atoms with van der Waals surface area (Å²) in [5.74, 6) is 0.166. The van der Waals surface area contributed by atoms with E-state index in [-0.39, 0.29) is 10.8 Å². The Kier molecular flexibility index (Phi) is 3.19. The van der Waals surface area contributed by atoms with Gasteiger partial charge in [0.25, 0.3) is 0 Å². The molecular formula is C6H6BrNO3S. The molecule has 66 valence electrons. The van der Waals surface area contributed by atoms with Crippen molar-refractivity contribution in [2.24, 2.45) is 0 Å². The average Bonchev–Trinajstić information content (AvgIpc) is 2.04. The predicted octanol–water partition coefficient (Wildman–Crippen LogP) is 1.43. The molecule has 0 aliphatic rings. The Morgan fingerprint density at radius 1 is 1.75 bits per heavy atom. The zero-order chi connectivity index (χ0) is 9.14. The number of ether oxygens (including phenoxy) is 1. The van der Waals surface area contributed by atoms with Gasteiger partial charge in [-0.3, -0.25) is 0 Å². The van der Waals surface area contributed by atoms with E-state index >= 15 is 0 Å². The highest BCUT2D eigenvalue weighted by atomic mass is 79.9. The molecule has 4 nitrogen and oxygen atoms in total. The first kappa shape index (κ1) is 9.63. The molecule has 0 radical (unpaired) electrons. The molecular weight excluding hydrogens is 246 g/mol. The van der Waals surface area contributed by atoms with Crippen molar-refractivity contribution in [2.75, 3.05) is 7.11 Å². The maximum Gasteiger partial charge on any atom is 0.232 e. The summed E-state index contributed by atoms with van der Waals surface area (Å²) < 4.78 is 24.9. The maximum absolute atomic E-state index is 10.7. The standard InChI is InChI=1S/C6H6BrNO3S/c1-11-6-5(12(9)10)2-4(7)3-8-6/h2-3H,1H3,(H,9,10). The third-order valence-corrected chi connectivity index (χ3v) is 2.27. The monoisotopic (exact) mass is 251 g/mol. The lowest BCUT2D eigenvalue weighted by Gasteiger charge is -2.02. The van der Waals surface area contributed by atoms with Crippen molar-refractivity contribution in [3.05, 3.63) is 16.7 Å². The van der Waals surface area contributed by atoms with Crippen LogP contribution in [0.1, 0.15) is 0 Å². The fraction of sp³-hybridized carbons (Fsp3) is 0.167. The first-order valence-corrected chi connectivity index (χ1v) is 4.85. The molecule has 0 spiro atoms. The van der Waals surface area contributed by atoms with E-state index in [2.05, 4.69) is 20.9 Å². The van der Waals surface area contributed by atoms with Gasteiger partial charge >= 0.3 is 0 Å². The van der Waals surface area contributed by atoms with Gasteiger partial charge in [0.05, 0.1) is 7.11 Å². The molecule has 0 aliphatic heterocycles. The van der Waals surface area contributed by atoms with Crippen molar-refractivity contribution in [2.45, 2.75) is 4.90 Å². The summed E-state index contributed by atoms with van der Waals surface area (Å²) in [7, 11) is 1.40. The molecule has 0 bridgehead atoms. The third kappa shape index (κ3) is 2.02. The van der Waals surface area contributed by atoms with Crippen LogP contribution in [0.4, 0.5) is 0 Å². The van der Waals surface area contributed by atoms with Crippen molar-refractivity contribution in [3.63, 3.8) is 0 Å². The zero-order valence-electron chi connectivity index (χ0n) is 6.15. The van der Waals surface area contributed by atoms with Gasteiger partial charge in [0.1, 0.15) is 4.90 Å². The zero-order valence-corrected chi connectivity index (χ0v) is 8.55. The van der Waals surface area contributed by atoms with E-state index in [1.54, 1.807) is 0 Å². The molecule has 12 heavy (non-hydrogen) atoms. The van der Waals surface area contributed by atoms with Crippen LogP contribution in [0.15, 0.2) is 21.6 Å². The van der Waals surface area contributed by atoms with Crippen LogP contribution in [-0.4, -0.2) is 20.9 Å². The largest absolute Gasteiger partial charge is 0.480 e. The first-order chi connectivity index (χ1) is 5.65. The molecule has 1 N–H and O–H groups in total. The molecule has 1 aromatic heterocycles. The molecule has 0 amide bonds. The van der Waals surface area contributed by atoms with Crippen LogP contribution in [0.5, 0.6) is 5.88 Å². The molecule has 0 saturated heterocycles. The van der Waals surface area contributed by atoms with Crippen molar-refractivity contribution < 1.29 is 13.5 Å². The minimum atomic E-state index is -2.07. The van der Waals surface area contributed by atoms with Gasteiger partial charge in [0.2, 0.25) is 5.88 Å². The Morgan fingerprint density at radius 2 is 2.42 bits per heavy atom. The lowest BCUT2D eigenvalue weighted by Crippen LogP contribution is -1.96. The van der Waals surface area contributed by atoms with Gasteiger partial charge in [-0.1, -0.05) is 0 Å². The number of nitrogens with zero attached hydrogens (tertiary/aromatic N) is 1. The Bertz CT molecular complexity index is 318. The highest BCUT2D eigenvalue weighted by Crippen LogP contribution is 2.21. The van der Waals surface area contributed by atoms with Gasteiger partial charge < -0.3 is 9.29 Å². The number of methoxy groups -OCH3 is 1. The van der Waals surface area contributed by atoms with Crippen molar-refractivity contribution >= 4 is 27.0 Å². The van der Waals surface area contributed by atoms with E-state index in [9.17, 15) is 4.21 Å². The summed E-state index contributed by atoms with van der Waals surface area (Å²) in [4.78, 5) is 3.95. The van der Waals surface area contributed by atoms with Crippen LogP contribution in [0, 0.1) is 0 Å². The predicted molar refractivity (Wildman–Crippen MR) is 47.5 cm³/mol. The number of rotatable bonds is 2. The average molecular weight is 252 g/mol. The first-order valence-electron chi connectivity index (χ1n) is 2.95. The lowest BCUT2D eigenvalue weighted by atomic mass is 10.5. The second-order valence-corrected chi connectivity index (χ2v) is 3.76. The number of pyridine rings is 1. The Labute approximate surface area is 80.4 Å². The fourth-order valence-electron chi connectivity index (χ4n) is 0.687. The smallest absolute Gasteiger partial charge is 0.232 e. The van der Waals surface area contributed by atoms with Crippen LogP contribution in [-0.2, 0) is 11.1 Å². The number of hydrogen-bond donors (Lipinski definition) is 1. The molecule has 1 rings (SSSR count). The van der Waals surface area contributed by atoms with E-state index in [4.69, 9.17) is 9.29 Å². The summed E-state index contributed by atoms with van der Waals surface area (Å²) in [6.45, 7) is 0. The Morgan fingerprint density at radius 3 is 2.92 bits per heavy atom. The quantitative estimate of drug-likeness (QED) is 0.809. The molecule has 1 atom stereocenters. The van der Waals surface area contributed by atoms with Crippen LogP contribution >= 0.6 is 15.9 Å². The molecule has 0 aliphatic carbocycles. The normalized spacial score (nSPS) is 12.6. The molecule has 1 aromatic rings. The summed E-state index contributed by atoms with van der Waals surface area (Å²) in [5.41, 5.74) is 0. The van der Waals surface area contributed by atoms with E-state index in [1.165, 1.54) is 19.4 Å². The second-order valence-electron chi connectivity index (χ2n) is 1.91. The molecule has 0 saturated carbocycles. The van der Waals surface area contributed by atoms with E-state index < -0.39 is 11.1 Å². The van der Waals surface area contributed by atoms with Gasteiger partial charge in [-0.15, -0.1) is 0 Å². The molecule has 1 heterocycles. The van der Waals surface area contributed by atoms with Crippen molar-refractivity contribution in [1.82, 2.24) is 4.98 Å². The molecule has 0 aromatic carbocycles. The van der Waals surface area contributed by atoms with E-state index in [0.29, 0.717) is 4.47 Å². The minimum absolute atomic E-state index is 0.159. The SMILES string of the molecule is COc1ncc(Br)cc1S(=O)O. The molecule has 6 heteroatoms. The highest BCUT2D eigenvalue weighted by molar-refractivity contribution is 9.10. The summed E-state index contributed by atoms with van der Waals surface area (Å²) >= 11 is 1.06. The fourth-order valence-corrected chi connectivity index (χ4v) is 1.68. The summed E-state index contributed by atoms with van der Waals surface area (Å²) in [6, 6.07) is 1.49. The maximum atomic E-state index is 10.7. The second kappa shape index (κ2) is 3.97. The summed E-state index contributed by atoms with van der Waals surface area (Å²) in [6.07, 6.45) is 1.50. The highest BCUT2D eigenvalue weighted by Gasteiger charge is 2.09. The topological polar surface area (TPSA) is 59.4 Å². The van der Waals surface area contributed by atoms with Crippen LogP contribution in [0.3, 0.4) is 0 Å². The van der Waals surface area contributed by atoms with Crippen molar-refractivity contribution in [1.29, 1.82) is 0 Å². The van der Waals surface area contributed by atoms with Crippen LogP contribution < -0.4 is 4.74 Å². The number of aromatic nitrogens is 1. The Balaban J connectivity index is 3.21. The van der Waals surface area contributed by atoms with E-state index in [0.717, 1.165) is 0 Å². The number of halogens is 1. The molecule has 1 unspecified atom stereocenters. The van der Waals surface area contributed by atoms with Gasteiger partial charge in [0, 0.05) is 10.7 Å². The van der Waals surface area contributed by atoms with Crippen LogP contribution in [0.25, 0.3) is 0 Å². The van der Waals surface area contributed by atoms with Gasteiger partial charge in [-0.25, -0.2) is 9.19 Å². The van der Waals surface area contributed by atoms with Gasteiger partial charge in [0.15, 0.2) is 11.1 Å².